The molecule has 0 saturated carbocycles. The van der Waals surface area contributed by atoms with E-state index < -0.39 is 62.6 Å². The molecule has 2 aromatic heterocycles. The van der Waals surface area contributed by atoms with Gasteiger partial charge in [0, 0.05) is 35.4 Å². The molecule has 0 aliphatic rings. The molecule has 6 rings (SSSR count). The summed E-state index contributed by atoms with van der Waals surface area (Å²) in [6.07, 6.45) is 0. The second kappa shape index (κ2) is 10.7. The van der Waals surface area contributed by atoms with Crippen LogP contribution in [0.5, 0.6) is 63.2 Å². The molecule has 45 heavy (non-hydrogen) atoms. The van der Waals surface area contributed by atoms with Crippen LogP contribution in [0.4, 0.5) is 0 Å². The fraction of sp³-hybridized carbons (Fsp3) is 0. The first-order chi connectivity index (χ1) is 21.2. The van der Waals surface area contributed by atoms with Crippen molar-refractivity contribution in [1.29, 1.82) is 0 Å². The van der Waals surface area contributed by atoms with Crippen molar-refractivity contribution in [3.63, 3.8) is 0 Å². The zero-order chi connectivity index (χ0) is 32.9. The molecule has 11 N–H and O–H groups in total. The molecule has 15 heteroatoms. The van der Waals surface area contributed by atoms with Crippen molar-refractivity contribution in [1.82, 2.24) is 0 Å². The lowest BCUT2D eigenvalue weighted by atomic mass is 10.1. The highest BCUT2D eigenvalue weighted by Gasteiger charge is 2.21. The topological polar surface area (TPSA) is 283 Å². The van der Waals surface area contributed by atoms with E-state index >= 15 is 0 Å². The molecule has 0 bridgehead atoms. The molecule has 0 atom stereocenters. The van der Waals surface area contributed by atoms with Gasteiger partial charge in [-0.25, -0.2) is 0 Å². The average molecular weight is 620 g/mol. The fourth-order valence-electron chi connectivity index (χ4n) is 4.34. The van der Waals surface area contributed by atoms with Crippen LogP contribution in [0.1, 0.15) is 0 Å². The first-order valence-electron chi connectivity index (χ1n) is 12.4. The third-order valence-electron chi connectivity index (χ3n) is 6.44. The van der Waals surface area contributed by atoms with Crippen molar-refractivity contribution < 1.29 is 65.0 Å². The molecule has 2 heterocycles. The third kappa shape index (κ3) is 5.16. The first kappa shape index (κ1) is 29.6. The minimum atomic E-state index is -0.967. The largest absolute Gasteiger partial charge is 0.508 e. The van der Waals surface area contributed by atoms with Crippen LogP contribution in [0.25, 0.3) is 44.6 Å². The molecule has 0 spiro atoms. The summed E-state index contributed by atoms with van der Waals surface area (Å²) in [7, 11) is 0. The Morgan fingerprint density at radius 1 is 0.400 bits per heavy atom. The Labute approximate surface area is 248 Å². The van der Waals surface area contributed by atoms with E-state index in [1.54, 1.807) is 0 Å². The first-order valence-corrected chi connectivity index (χ1v) is 12.4. The Balaban J connectivity index is 0.000000178. The number of fused-ring (bicyclic) bond motifs is 2. The SMILES string of the molecule is O=c1c(O)c(-c2cc(O)c(O)c(O)c2)oc2cc(O)cc(O)c12.O=c1c(O)c(-c2ccc(O)c(O)c2)oc2cc(O)cc(O)c12. The van der Waals surface area contributed by atoms with Gasteiger partial charge in [0.1, 0.15) is 44.9 Å². The van der Waals surface area contributed by atoms with Gasteiger partial charge in [0.15, 0.2) is 40.3 Å². The number of rotatable bonds is 2. The highest BCUT2D eigenvalue weighted by atomic mass is 16.4. The van der Waals surface area contributed by atoms with Gasteiger partial charge >= 0.3 is 0 Å². The fourth-order valence-corrected chi connectivity index (χ4v) is 4.34. The molecule has 0 aliphatic carbocycles. The van der Waals surface area contributed by atoms with Gasteiger partial charge in [0.25, 0.3) is 0 Å². The number of aromatic hydroxyl groups is 11. The number of hydrogen-bond donors (Lipinski definition) is 11. The van der Waals surface area contributed by atoms with Crippen LogP contribution in [0.15, 0.2) is 73.0 Å². The summed E-state index contributed by atoms with van der Waals surface area (Å²) >= 11 is 0. The van der Waals surface area contributed by atoms with Crippen molar-refractivity contribution in [2.45, 2.75) is 0 Å². The van der Waals surface area contributed by atoms with Crippen LogP contribution in [0, 0.1) is 0 Å². The van der Waals surface area contributed by atoms with Crippen LogP contribution in [0.2, 0.25) is 0 Å². The second-order valence-corrected chi connectivity index (χ2v) is 9.46. The Morgan fingerprint density at radius 2 is 0.822 bits per heavy atom. The van der Waals surface area contributed by atoms with Gasteiger partial charge in [-0.1, -0.05) is 0 Å². The van der Waals surface area contributed by atoms with Crippen LogP contribution < -0.4 is 10.9 Å². The summed E-state index contributed by atoms with van der Waals surface area (Å²) in [6, 6.07) is 9.53. The zero-order valence-corrected chi connectivity index (χ0v) is 22.2. The van der Waals surface area contributed by atoms with Crippen molar-refractivity contribution >= 4 is 21.9 Å². The number of hydrogen-bond acceptors (Lipinski definition) is 15. The van der Waals surface area contributed by atoms with E-state index in [1.807, 2.05) is 0 Å². The van der Waals surface area contributed by atoms with Gasteiger partial charge in [-0.15, -0.1) is 0 Å². The maximum Gasteiger partial charge on any atom is 0.238 e. The Bertz CT molecular complexity index is 2260. The summed E-state index contributed by atoms with van der Waals surface area (Å²) in [5.41, 5.74) is -2.17. The van der Waals surface area contributed by atoms with E-state index in [2.05, 4.69) is 0 Å². The Morgan fingerprint density at radius 3 is 1.27 bits per heavy atom. The van der Waals surface area contributed by atoms with E-state index in [4.69, 9.17) is 8.83 Å². The summed E-state index contributed by atoms with van der Waals surface area (Å²) in [4.78, 5) is 24.3. The monoisotopic (exact) mass is 620 g/mol. The van der Waals surface area contributed by atoms with Gasteiger partial charge in [-0.05, 0) is 30.3 Å². The Kier molecular flexibility index (Phi) is 7.06. The molecular weight excluding hydrogens is 600 g/mol. The van der Waals surface area contributed by atoms with Gasteiger partial charge in [-0.3, -0.25) is 9.59 Å². The van der Waals surface area contributed by atoms with Gasteiger partial charge < -0.3 is 65.0 Å². The van der Waals surface area contributed by atoms with Gasteiger partial charge in [0.2, 0.25) is 22.4 Å². The number of phenols is 9. The summed E-state index contributed by atoms with van der Waals surface area (Å²) in [6.45, 7) is 0. The molecule has 0 radical (unpaired) electrons. The lowest BCUT2D eigenvalue weighted by Crippen LogP contribution is -2.03. The molecule has 4 aromatic carbocycles. The number of benzene rings is 4. The van der Waals surface area contributed by atoms with E-state index in [0.717, 1.165) is 48.5 Å². The summed E-state index contributed by atoms with van der Waals surface area (Å²) < 4.78 is 10.7. The minimum absolute atomic E-state index is 0.0999. The Hall–Kier alpha value is -6.90. The van der Waals surface area contributed by atoms with E-state index in [9.17, 15) is 65.8 Å². The van der Waals surface area contributed by atoms with E-state index in [-0.39, 0.29) is 56.1 Å². The van der Waals surface area contributed by atoms with E-state index in [0.29, 0.717) is 0 Å². The second-order valence-electron chi connectivity index (χ2n) is 9.46. The predicted molar refractivity (Wildman–Crippen MR) is 154 cm³/mol. The molecule has 0 aliphatic heterocycles. The quantitative estimate of drug-likeness (QED) is 0.123. The summed E-state index contributed by atoms with van der Waals surface area (Å²) in [5.74, 6) is -7.11. The lowest BCUT2D eigenvalue weighted by Gasteiger charge is -2.09. The zero-order valence-electron chi connectivity index (χ0n) is 22.2. The minimum Gasteiger partial charge on any atom is -0.508 e. The summed E-state index contributed by atoms with van der Waals surface area (Å²) in [5, 5.41) is 105. The molecule has 0 amide bonds. The molecule has 15 nitrogen and oxygen atoms in total. The van der Waals surface area contributed by atoms with Crippen molar-refractivity contribution in [2.24, 2.45) is 0 Å². The maximum absolute atomic E-state index is 12.2. The van der Waals surface area contributed by atoms with Gasteiger partial charge in [-0.2, -0.15) is 0 Å². The smallest absolute Gasteiger partial charge is 0.238 e. The van der Waals surface area contributed by atoms with Crippen LogP contribution >= 0.6 is 0 Å². The molecule has 0 unspecified atom stereocenters. The molecule has 6 aromatic rings. The average Bonchev–Trinajstić information content (AvgIpc) is 2.96. The molecule has 0 saturated heterocycles. The maximum atomic E-state index is 12.2. The van der Waals surface area contributed by atoms with Crippen molar-refractivity contribution in [3.8, 4) is 85.9 Å². The number of phenolic OH excluding ortho intramolecular Hbond substituents is 9. The van der Waals surface area contributed by atoms with Crippen LogP contribution in [-0.4, -0.2) is 56.2 Å². The highest BCUT2D eigenvalue weighted by molar-refractivity contribution is 5.89. The van der Waals surface area contributed by atoms with Crippen molar-refractivity contribution in [3.05, 3.63) is 75.0 Å². The van der Waals surface area contributed by atoms with E-state index in [1.165, 1.54) is 6.07 Å². The van der Waals surface area contributed by atoms with Gasteiger partial charge in [0.05, 0.1) is 0 Å². The molecule has 0 fully saturated rings. The van der Waals surface area contributed by atoms with Crippen LogP contribution in [0.3, 0.4) is 0 Å². The predicted octanol–water partition coefficient (Wildman–Crippen LogP) is 3.68. The normalized spacial score (nSPS) is 10.9. The third-order valence-corrected chi connectivity index (χ3v) is 6.44. The van der Waals surface area contributed by atoms with Crippen molar-refractivity contribution in [2.75, 3.05) is 0 Å². The highest BCUT2D eigenvalue weighted by Crippen LogP contribution is 2.42. The lowest BCUT2D eigenvalue weighted by molar-refractivity contribution is 0.368. The van der Waals surface area contributed by atoms with Crippen LogP contribution in [-0.2, 0) is 0 Å². The molecular formula is C30H20O15. The molecule has 230 valence electrons. The standard InChI is InChI=1S/C15H10O8.C15H10O7/c16-6-3-7(17)11-10(4-6)23-15(14(22)13(11)21)5-1-8(18)12(20)9(19)2-5;16-7-4-10(19)12-11(5-7)22-15(14(21)13(12)20)6-1-2-8(17)9(18)3-6/h1-4,16-20,22H;1-5,16-19,21H.